The maximum Gasteiger partial charge on any atom is 0.191 e. The van der Waals surface area contributed by atoms with Crippen LogP contribution in [0.4, 0.5) is 0 Å². The van der Waals surface area contributed by atoms with Crippen molar-refractivity contribution in [2.75, 3.05) is 6.54 Å². The zero-order valence-corrected chi connectivity index (χ0v) is 17.1. The second-order valence-corrected chi connectivity index (χ2v) is 5.73. The fraction of sp³-hybridized carbons (Fsp3) is 0.389. The van der Waals surface area contributed by atoms with Gasteiger partial charge >= 0.3 is 0 Å². The maximum absolute atomic E-state index is 8.82. The average molecular weight is 453 g/mol. The molecule has 0 aliphatic carbocycles. The molecule has 2 N–H and O–H groups in total. The molecule has 0 spiro atoms. The molecule has 25 heavy (non-hydrogen) atoms. The van der Waals surface area contributed by atoms with E-state index in [-0.39, 0.29) is 24.0 Å². The van der Waals surface area contributed by atoms with Gasteiger partial charge in [0, 0.05) is 12.6 Å². The van der Waals surface area contributed by atoms with E-state index in [4.69, 9.17) is 9.78 Å². The Kier molecular flexibility index (Phi) is 8.99. The van der Waals surface area contributed by atoms with E-state index in [2.05, 4.69) is 40.7 Å². The number of aromatic nitrogens is 1. The van der Waals surface area contributed by atoms with Gasteiger partial charge in [0.1, 0.15) is 0 Å². The number of hydrogen-bond acceptors (Lipinski definition) is 4. The molecule has 0 bridgehead atoms. The Bertz CT molecular complexity index is 716. The lowest BCUT2D eigenvalue weighted by atomic mass is 10.1. The van der Waals surface area contributed by atoms with Gasteiger partial charge in [-0.25, -0.2) is 4.99 Å². The van der Waals surface area contributed by atoms with Crippen molar-refractivity contribution in [3.8, 4) is 6.07 Å². The Labute approximate surface area is 165 Å². The summed E-state index contributed by atoms with van der Waals surface area (Å²) in [7, 11) is 0. The first-order valence-corrected chi connectivity index (χ1v) is 8.09. The van der Waals surface area contributed by atoms with E-state index in [9.17, 15) is 0 Å². The van der Waals surface area contributed by atoms with Crippen molar-refractivity contribution in [1.29, 1.82) is 5.26 Å². The lowest BCUT2D eigenvalue weighted by molar-refractivity contribution is 0.372. The summed E-state index contributed by atoms with van der Waals surface area (Å²) in [5.41, 5.74) is 2.65. The molecule has 6 nitrogen and oxygen atoms in total. The van der Waals surface area contributed by atoms with E-state index >= 15 is 0 Å². The number of hydrogen-bond donors (Lipinski definition) is 2. The highest BCUT2D eigenvalue weighted by atomic mass is 127. The number of nitriles is 1. The lowest BCUT2D eigenvalue weighted by Crippen LogP contribution is -2.36. The third-order valence-electron chi connectivity index (χ3n) is 3.45. The average Bonchev–Trinajstić information content (AvgIpc) is 3.07. The van der Waals surface area contributed by atoms with Gasteiger partial charge < -0.3 is 15.2 Å². The number of benzene rings is 1. The summed E-state index contributed by atoms with van der Waals surface area (Å²) in [6.07, 6.45) is 0. The third-order valence-corrected chi connectivity index (χ3v) is 3.45. The molecule has 0 fully saturated rings. The van der Waals surface area contributed by atoms with E-state index in [0.717, 1.165) is 23.6 Å². The summed E-state index contributed by atoms with van der Waals surface area (Å²) in [4.78, 5) is 4.55. The highest BCUT2D eigenvalue weighted by Gasteiger charge is 2.08. The molecule has 7 heteroatoms. The van der Waals surface area contributed by atoms with Gasteiger partial charge in [-0.1, -0.05) is 31.1 Å². The van der Waals surface area contributed by atoms with Crippen LogP contribution in [0.2, 0.25) is 0 Å². The Morgan fingerprint density at radius 1 is 1.28 bits per heavy atom. The molecule has 0 saturated carbocycles. The van der Waals surface area contributed by atoms with Gasteiger partial charge in [-0.2, -0.15) is 5.26 Å². The van der Waals surface area contributed by atoms with Crippen LogP contribution in [0, 0.1) is 11.3 Å². The SMILES string of the molecule is CCNC(=NCc1ccc(C#N)cc1)NCc1cc(C(C)C)no1.I. The minimum atomic E-state index is 0. The fourth-order valence-electron chi connectivity index (χ4n) is 2.05. The van der Waals surface area contributed by atoms with Gasteiger partial charge in [0.25, 0.3) is 0 Å². The van der Waals surface area contributed by atoms with Crippen molar-refractivity contribution in [3.05, 3.63) is 52.9 Å². The van der Waals surface area contributed by atoms with Gasteiger partial charge in [-0.3, -0.25) is 0 Å². The zero-order valence-electron chi connectivity index (χ0n) is 14.7. The highest BCUT2D eigenvalue weighted by Crippen LogP contribution is 2.13. The Balaban J connectivity index is 0.00000312. The van der Waals surface area contributed by atoms with Crippen LogP contribution < -0.4 is 10.6 Å². The molecule has 0 unspecified atom stereocenters. The summed E-state index contributed by atoms with van der Waals surface area (Å²) in [6.45, 7) is 8.01. The van der Waals surface area contributed by atoms with Crippen LogP contribution in [-0.2, 0) is 13.1 Å². The van der Waals surface area contributed by atoms with Crippen molar-refractivity contribution in [2.45, 2.75) is 39.8 Å². The van der Waals surface area contributed by atoms with Gasteiger partial charge in [0.05, 0.1) is 30.4 Å². The molecule has 0 saturated heterocycles. The summed E-state index contributed by atoms with van der Waals surface area (Å²) < 4.78 is 5.32. The van der Waals surface area contributed by atoms with E-state index < -0.39 is 0 Å². The molecule has 1 aromatic carbocycles. The first-order chi connectivity index (χ1) is 11.6. The first kappa shape index (κ1) is 21.0. The van der Waals surface area contributed by atoms with Gasteiger partial charge in [0.2, 0.25) is 0 Å². The lowest BCUT2D eigenvalue weighted by Gasteiger charge is -2.09. The molecule has 2 rings (SSSR count). The molecular formula is C18H24IN5O. The van der Waals surface area contributed by atoms with Gasteiger partial charge in [-0.15, -0.1) is 24.0 Å². The highest BCUT2D eigenvalue weighted by molar-refractivity contribution is 14.0. The molecule has 134 valence electrons. The van der Waals surface area contributed by atoms with Crippen LogP contribution in [0.5, 0.6) is 0 Å². The second-order valence-electron chi connectivity index (χ2n) is 5.73. The third kappa shape index (κ3) is 6.74. The monoisotopic (exact) mass is 453 g/mol. The predicted octanol–water partition coefficient (Wildman–Crippen LogP) is 3.54. The van der Waals surface area contributed by atoms with Gasteiger partial charge in [-0.05, 0) is 30.5 Å². The summed E-state index contributed by atoms with van der Waals surface area (Å²) in [5, 5.41) is 19.3. The predicted molar refractivity (Wildman–Crippen MR) is 109 cm³/mol. The Morgan fingerprint density at radius 3 is 2.56 bits per heavy atom. The van der Waals surface area contributed by atoms with Crippen LogP contribution >= 0.6 is 24.0 Å². The van der Waals surface area contributed by atoms with Crippen LogP contribution in [0.25, 0.3) is 0 Å². The number of aliphatic imine (C=N–C) groups is 1. The second kappa shape index (κ2) is 10.7. The van der Waals surface area contributed by atoms with E-state index in [1.54, 1.807) is 12.1 Å². The normalized spacial score (nSPS) is 10.9. The molecule has 2 aromatic rings. The maximum atomic E-state index is 8.82. The summed E-state index contributed by atoms with van der Waals surface area (Å²) in [6, 6.07) is 11.5. The van der Waals surface area contributed by atoms with Crippen molar-refractivity contribution in [3.63, 3.8) is 0 Å². The van der Waals surface area contributed by atoms with E-state index in [1.807, 2.05) is 25.1 Å². The van der Waals surface area contributed by atoms with Crippen molar-refractivity contribution >= 4 is 29.9 Å². The summed E-state index contributed by atoms with van der Waals surface area (Å²) >= 11 is 0. The van der Waals surface area contributed by atoms with Crippen molar-refractivity contribution in [2.24, 2.45) is 4.99 Å². The standard InChI is InChI=1S/C18H23N5O.HI/c1-4-20-18(21-11-15-7-5-14(10-19)6-8-15)22-12-16-9-17(13(2)3)23-24-16;/h5-9,13H,4,11-12H2,1-3H3,(H2,20,21,22);1H. The molecule has 0 atom stereocenters. The Hall–Kier alpha value is -2.08. The van der Waals surface area contributed by atoms with E-state index in [0.29, 0.717) is 30.5 Å². The quantitative estimate of drug-likeness (QED) is 0.397. The molecule has 1 aromatic heterocycles. The van der Waals surface area contributed by atoms with E-state index in [1.165, 1.54) is 0 Å². The Morgan fingerprint density at radius 2 is 2.00 bits per heavy atom. The minimum Gasteiger partial charge on any atom is -0.359 e. The van der Waals surface area contributed by atoms with Crippen molar-refractivity contribution < 1.29 is 4.52 Å². The van der Waals surface area contributed by atoms with Crippen LogP contribution in [-0.4, -0.2) is 17.7 Å². The molecular weight excluding hydrogens is 429 g/mol. The summed E-state index contributed by atoms with van der Waals surface area (Å²) in [5.74, 6) is 1.84. The van der Waals surface area contributed by atoms with Crippen molar-refractivity contribution in [1.82, 2.24) is 15.8 Å². The first-order valence-electron chi connectivity index (χ1n) is 8.09. The molecule has 0 amide bonds. The molecule has 0 radical (unpaired) electrons. The van der Waals surface area contributed by atoms with Crippen LogP contribution in [0.15, 0.2) is 39.8 Å². The smallest absolute Gasteiger partial charge is 0.191 e. The zero-order chi connectivity index (χ0) is 17.4. The number of halogens is 1. The molecule has 1 heterocycles. The van der Waals surface area contributed by atoms with Gasteiger partial charge in [0.15, 0.2) is 11.7 Å². The van der Waals surface area contributed by atoms with Crippen LogP contribution in [0.1, 0.15) is 49.3 Å². The fourth-order valence-corrected chi connectivity index (χ4v) is 2.05. The minimum absolute atomic E-state index is 0. The molecule has 0 aliphatic heterocycles. The number of nitrogens with zero attached hydrogens (tertiary/aromatic N) is 3. The number of guanidine groups is 1. The number of rotatable bonds is 6. The topological polar surface area (TPSA) is 86.2 Å². The van der Waals surface area contributed by atoms with Crippen LogP contribution in [0.3, 0.4) is 0 Å². The number of nitrogens with one attached hydrogen (secondary N) is 2. The largest absolute Gasteiger partial charge is 0.359 e. The molecule has 0 aliphatic rings.